The quantitative estimate of drug-likeness (QED) is 0.415. The summed E-state index contributed by atoms with van der Waals surface area (Å²) in [6.45, 7) is 2.29. The first kappa shape index (κ1) is 26.5. The SMILES string of the molecule is COCCCN1C(=O)c2cccc3c(NC(=O)C4CCCN(S(=O)(=O)c5ccc6c(c5)OCCO6)C4)ccc1c23. The number of anilines is 2. The van der Waals surface area contributed by atoms with Crippen molar-refractivity contribution >= 4 is 44.0 Å². The van der Waals surface area contributed by atoms with Crippen LogP contribution in [0.25, 0.3) is 10.8 Å². The third kappa shape index (κ3) is 4.67. The van der Waals surface area contributed by atoms with Gasteiger partial charge in [0.15, 0.2) is 11.5 Å². The third-order valence-corrected chi connectivity index (χ3v) is 9.54. The van der Waals surface area contributed by atoms with Gasteiger partial charge in [-0.05, 0) is 49.6 Å². The molecule has 1 atom stereocenters. The molecule has 1 fully saturated rings. The van der Waals surface area contributed by atoms with Gasteiger partial charge in [0.25, 0.3) is 5.91 Å². The van der Waals surface area contributed by atoms with Crippen LogP contribution in [0.2, 0.25) is 0 Å². The number of methoxy groups -OCH3 is 1. The highest BCUT2D eigenvalue weighted by Gasteiger charge is 2.35. The van der Waals surface area contributed by atoms with Crippen LogP contribution in [0.3, 0.4) is 0 Å². The normalized spacial score (nSPS) is 18.8. The van der Waals surface area contributed by atoms with Gasteiger partial charge in [-0.25, -0.2) is 8.42 Å². The number of ether oxygens (including phenoxy) is 3. The van der Waals surface area contributed by atoms with Crippen LogP contribution in [0.5, 0.6) is 11.5 Å². The summed E-state index contributed by atoms with van der Waals surface area (Å²) in [6.07, 6.45) is 1.85. The molecule has 3 aliphatic rings. The van der Waals surface area contributed by atoms with Gasteiger partial charge in [-0.15, -0.1) is 0 Å². The van der Waals surface area contributed by atoms with Crippen LogP contribution in [0.1, 0.15) is 29.6 Å². The van der Waals surface area contributed by atoms with Gasteiger partial charge in [0, 0.05) is 61.4 Å². The lowest BCUT2D eigenvalue weighted by Gasteiger charge is -2.31. The minimum atomic E-state index is -3.83. The van der Waals surface area contributed by atoms with E-state index < -0.39 is 15.9 Å². The monoisotopic (exact) mass is 565 g/mol. The summed E-state index contributed by atoms with van der Waals surface area (Å²) in [5.41, 5.74) is 2.03. The Labute approximate surface area is 232 Å². The van der Waals surface area contributed by atoms with Crippen molar-refractivity contribution in [2.45, 2.75) is 24.2 Å². The summed E-state index contributed by atoms with van der Waals surface area (Å²) in [6, 6.07) is 13.8. The van der Waals surface area contributed by atoms with Gasteiger partial charge in [-0.1, -0.05) is 12.1 Å². The number of benzene rings is 3. The van der Waals surface area contributed by atoms with E-state index in [4.69, 9.17) is 14.2 Å². The summed E-state index contributed by atoms with van der Waals surface area (Å²) in [5.74, 6) is 0.0973. The number of carbonyl (C=O) groups excluding carboxylic acids is 2. The van der Waals surface area contributed by atoms with Gasteiger partial charge < -0.3 is 24.4 Å². The first-order valence-electron chi connectivity index (χ1n) is 13.5. The van der Waals surface area contributed by atoms with Gasteiger partial charge in [0.1, 0.15) is 13.2 Å². The molecule has 0 aromatic heterocycles. The molecule has 0 bridgehead atoms. The van der Waals surface area contributed by atoms with Crippen molar-refractivity contribution in [1.82, 2.24) is 4.31 Å². The van der Waals surface area contributed by atoms with E-state index in [2.05, 4.69) is 5.32 Å². The third-order valence-electron chi connectivity index (χ3n) is 7.68. The second-order valence-corrected chi connectivity index (χ2v) is 12.1. The zero-order chi connectivity index (χ0) is 27.9. The number of fused-ring (bicyclic) bond motifs is 1. The Morgan fingerprint density at radius 2 is 1.93 bits per heavy atom. The maximum absolute atomic E-state index is 13.5. The number of hydrogen-bond acceptors (Lipinski definition) is 7. The number of nitrogens with zero attached hydrogens (tertiary/aromatic N) is 2. The summed E-state index contributed by atoms with van der Waals surface area (Å²) in [7, 11) is -2.19. The van der Waals surface area contributed by atoms with Crippen molar-refractivity contribution in [2.24, 2.45) is 5.92 Å². The number of rotatable bonds is 8. The molecule has 3 aromatic rings. The smallest absolute Gasteiger partial charge is 0.258 e. The fourth-order valence-corrected chi connectivity index (χ4v) is 7.23. The first-order chi connectivity index (χ1) is 19.4. The highest BCUT2D eigenvalue weighted by atomic mass is 32.2. The van der Waals surface area contributed by atoms with Crippen LogP contribution in [0, 0.1) is 5.92 Å². The number of sulfonamides is 1. The Morgan fingerprint density at radius 3 is 2.75 bits per heavy atom. The molecule has 0 spiro atoms. The van der Waals surface area contributed by atoms with E-state index in [0.717, 1.165) is 16.5 Å². The Hall–Kier alpha value is -3.67. The first-order valence-corrected chi connectivity index (χ1v) is 14.9. The lowest BCUT2D eigenvalue weighted by Crippen LogP contribution is -2.43. The molecule has 6 rings (SSSR count). The molecule has 1 unspecified atom stereocenters. The maximum Gasteiger partial charge on any atom is 0.258 e. The van der Waals surface area contributed by atoms with Gasteiger partial charge in [0.05, 0.1) is 16.5 Å². The number of nitrogens with one attached hydrogen (secondary N) is 1. The molecule has 0 saturated carbocycles. The average molecular weight is 566 g/mol. The highest BCUT2D eigenvalue weighted by molar-refractivity contribution is 7.89. The summed E-state index contributed by atoms with van der Waals surface area (Å²) >= 11 is 0. The molecule has 0 aliphatic carbocycles. The molecule has 1 saturated heterocycles. The van der Waals surface area contributed by atoms with Crippen molar-refractivity contribution in [3.8, 4) is 11.5 Å². The maximum atomic E-state index is 13.5. The molecule has 3 aromatic carbocycles. The predicted octanol–water partition coefficient (Wildman–Crippen LogP) is 3.65. The second-order valence-electron chi connectivity index (χ2n) is 10.2. The van der Waals surface area contributed by atoms with Gasteiger partial charge in [-0.2, -0.15) is 4.31 Å². The van der Waals surface area contributed by atoms with Crippen LogP contribution in [-0.4, -0.2) is 71.1 Å². The number of hydrogen-bond donors (Lipinski definition) is 1. The van der Waals surface area contributed by atoms with E-state index >= 15 is 0 Å². The fraction of sp³-hybridized carbons (Fsp3) is 0.379. The fourth-order valence-electron chi connectivity index (χ4n) is 5.69. The topological polar surface area (TPSA) is 114 Å². The second kappa shape index (κ2) is 10.7. The molecule has 210 valence electrons. The van der Waals surface area contributed by atoms with Crippen LogP contribution in [0.15, 0.2) is 53.4 Å². The molecule has 1 N–H and O–H groups in total. The largest absolute Gasteiger partial charge is 0.486 e. The van der Waals surface area contributed by atoms with Gasteiger partial charge in [-0.3, -0.25) is 9.59 Å². The molecule has 11 heteroatoms. The van der Waals surface area contributed by atoms with Crippen molar-refractivity contribution in [1.29, 1.82) is 0 Å². The van der Waals surface area contributed by atoms with Crippen LogP contribution in [-0.2, 0) is 19.6 Å². The zero-order valence-electron chi connectivity index (χ0n) is 22.2. The van der Waals surface area contributed by atoms with Crippen molar-refractivity contribution in [3.63, 3.8) is 0 Å². The van der Waals surface area contributed by atoms with Gasteiger partial charge >= 0.3 is 0 Å². The number of amides is 2. The van der Waals surface area contributed by atoms with E-state index in [1.165, 1.54) is 16.4 Å². The predicted molar refractivity (Wildman–Crippen MR) is 150 cm³/mol. The molecule has 0 radical (unpaired) electrons. The molecular weight excluding hydrogens is 534 g/mol. The van der Waals surface area contributed by atoms with Crippen molar-refractivity contribution in [2.75, 3.05) is 56.8 Å². The van der Waals surface area contributed by atoms with E-state index in [9.17, 15) is 18.0 Å². The van der Waals surface area contributed by atoms with Crippen LogP contribution < -0.4 is 19.7 Å². The molecular formula is C29H31N3O7S. The minimum absolute atomic E-state index is 0.0625. The Morgan fingerprint density at radius 1 is 1.10 bits per heavy atom. The molecule has 3 aliphatic heterocycles. The molecule has 10 nitrogen and oxygen atoms in total. The lowest BCUT2D eigenvalue weighted by molar-refractivity contribution is -0.120. The standard InChI is InChI=1S/C29H31N3O7S/c1-37-14-4-13-32-24-10-9-23(21-6-2-7-22(27(21)24)29(32)34)30-28(33)19-5-3-12-31(18-19)40(35,36)20-8-11-25-26(17-20)39-16-15-38-25/h2,6-11,17,19H,3-5,12-16,18H2,1H3,(H,30,33). The minimum Gasteiger partial charge on any atom is -0.486 e. The molecule has 2 amide bonds. The lowest BCUT2D eigenvalue weighted by atomic mass is 9.98. The van der Waals surface area contributed by atoms with Crippen LogP contribution in [0.4, 0.5) is 11.4 Å². The van der Waals surface area contributed by atoms with Crippen molar-refractivity contribution < 1.29 is 32.2 Å². The highest BCUT2D eigenvalue weighted by Crippen LogP contribution is 2.41. The van der Waals surface area contributed by atoms with E-state index in [1.54, 1.807) is 24.1 Å². The summed E-state index contributed by atoms with van der Waals surface area (Å²) in [5, 5.41) is 4.62. The molecule has 40 heavy (non-hydrogen) atoms. The Balaban J connectivity index is 1.21. The van der Waals surface area contributed by atoms with E-state index in [1.807, 2.05) is 24.3 Å². The van der Waals surface area contributed by atoms with Crippen molar-refractivity contribution in [3.05, 3.63) is 54.1 Å². The summed E-state index contributed by atoms with van der Waals surface area (Å²) in [4.78, 5) is 28.4. The summed E-state index contributed by atoms with van der Waals surface area (Å²) < 4.78 is 44.5. The number of piperidine rings is 1. The van der Waals surface area contributed by atoms with Gasteiger partial charge in [0.2, 0.25) is 15.9 Å². The number of carbonyl (C=O) groups is 2. The Bertz CT molecular complexity index is 1590. The van der Waals surface area contributed by atoms with E-state index in [-0.39, 0.29) is 23.3 Å². The average Bonchev–Trinajstić information content (AvgIpc) is 3.26. The van der Waals surface area contributed by atoms with E-state index in [0.29, 0.717) is 74.9 Å². The molecule has 3 heterocycles. The van der Waals surface area contributed by atoms with Crippen LogP contribution >= 0.6 is 0 Å². The zero-order valence-corrected chi connectivity index (χ0v) is 23.0. The Kier molecular flexibility index (Phi) is 7.11.